The van der Waals surface area contributed by atoms with Gasteiger partial charge >= 0.3 is 6.03 Å². The minimum atomic E-state index is -0.197. The van der Waals surface area contributed by atoms with Gasteiger partial charge in [-0.3, -0.25) is 0 Å². The number of carbonyl (C=O) groups is 1. The van der Waals surface area contributed by atoms with E-state index in [9.17, 15) is 4.79 Å². The van der Waals surface area contributed by atoms with Crippen molar-refractivity contribution in [2.75, 3.05) is 0 Å². The first kappa shape index (κ1) is 12.6. The van der Waals surface area contributed by atoms with Gasteiger partial charge in [0.25, 0.3) is 0 Å². The molecule has 0 spiro atoms. The fourth-order valence-corrected chi connectivity index (χ4v) is 1.92. The first-order valence-corrected chi connectivity index (χ1v) is 5.87. The number of nitrogens with zero attached hydrogens (tertiary/aromatic N) is 1. The number of hydrogen-bond acceptors (Lipinski definition) is 2. The molecule has 1 rings (SSSR count). The van der Waals surface area contributed by atoms with Crippen LogP contribution in [0.15, 0.2) is 11.3 Å². The summed E-state index contributed by atoms with van der Waals surface area (Å²) in [7, 11) is 0. The van der Waals surface area contributed by atoms with E-state index in [-0.39, 0.29) is 12.1 Å². The number of nitriles is 1. The van der Waals surface area contributed by atoms with E-state index in [4.69, 9.17) is 5.26 Å². The molecule has 1 atom stereocenters. The van der Waals surface area contributed by atoms with Crippen molar-refractivity contribution >= 4 is 6.03 Å². The molecule has 0 aromatic rings. The average molecular weight is 221 g/mol. The predicted molar refractivity (Wildman–Crippen MR) is 62.5 cm³/mol. The number of allylic oxidation sites excluding steroid dienone is 1. The minimum Gasteiger partial charge on any atom is -0.330 e. The quantitative estimate of drug-likeness (QED) is 0.700. The monoisotopic (exact) mass is 221 g/mol. The second-order valence-electron chi connectivity index (χ2n) is 4.15. The Bertz CT molecular complexity index is 328. The zero-order chi connectivity index (χ0) is 12.0. The van der Waals surface area contributed by atoms with Gasteiger partial charge in [-0.15, -0.1) is 0 Å². The van der Waals surface area contributed by atoms with Crippen LogP contribution in [0.1, 0.15) is 46.0 Å². The first-order valence-electron chi connectivity index (χ1n) is 5.87. The normalized spacial score (nSPS) is 20.1. The van der Waals surface area contributed by atoms with Crippen molar-refractivity contribution in [3.8, 4) is 6.07 Å². The second kappa shape index (κ2) is 6.16. The third-order valence-electron chi connectivity index (χ3n) is 2.83. The van der Waals surface area contributed by atoms with E-state index in [1.54, 1.807) is 6.92 Å². The van der Waals surface area contributed by atoms with Gasteiger partial charge in [-0.05, 0) is 13.3 Å². The summed E-state index contributed by atoms with van der Waals surface area (Å²) < 4.78 is 0. The van der Waals surface area contributed by atoms with Crippen molar-refractivity contribution in [1.82, 2.24) is 10.6 Å². The van der Waals surface area contributed by atoms with Gasteiger partial charge in [0.1, 0.15) is 0 Å². The standard InChI is InChI=1S/C12H19N3O/c1-3-4-5-6-7-11-10(8-13)9(2)14-12(16)15-11/h11H,3-7H2,1-2H3,(H2,14,15,16). The van der Waals surface area contributed by atoms with Gasteiger partial charge < -0.3 is 10.6 Å². The van der Waals surface area contributed by atoms with Crippen LogP contribution in [0.25, 0.3) is 0 Å². The smallest absolute Gasteiger partial charge is 0.319 e. The summed E-state index contributed by atoms with van der Waals surface area (Å²) >= 11 is 0. The highest BCUT2D eigenvalue weighted by Gasteiger charge is 2.24. The lowest BCUT2D eigenvalue weighted by molar-refractivity contribution is 0.238. The molecule has 0 saturated carbocycles. The Kier molecular flexibility index (Phi) is 4.84. The highest BCUT2D eigenvalue weighted by Crippen LogP contribution is 2.16. The van der Waals surface area contributed by atoms with Crippen molar-refractivity contribution < 1.29 is 4.79 Å². The van der Waals surface area contributed by atoms with Crippen LogP contribution in [0.3, 0.4) is 0 Å². The van der Waals surface area contributed by atoms with Gasteiger partial charge in [-0.2, -0.15) is 5.26 Å². The Morgan fingerprint density at radius 1 is 1.38 bits per heavy atom. The van der Waals surface area contributed by atoms with Crippen LogP contribution in [-0.4, -0.2) is 12.1 Å². The van der Waals surface area contributed by atoms with E-state index < -0.39 is 0 Å². The van der Waals surface area contributed by atoms with Crippen LogP contribution >= 0.6 is 0 Å². The molecular weight excluding hydrogens is 202 g/mol. The topological polar surface area (TPSA) is 64.9 Å². The SMILES string of the molecule is CCCCCCC1NC(=O)NC(C)=C1C#N. The minimum absolute atomic E-state index is 0.101. The molecule has 16 heavy (non-hydrogen) atoms. The fourth-order valence-electron chi connectivity index (χ4n) is 1.92. The number of carbonyl (C=O) groups excluding carboxylic acids is 1. The summed E-state index contributed by atoms with van der Waals surface area (Å²) in [6.45, 7) is 3.94. The third kappa shape index (κ3) is 3.27. The van der Waals surface area contributed by atoms with Crippen molar-refractivity contribution in [3.05, 3.63) is 11.3 Å². The van der Waals surface area contributed by atoms with Crippen LogP contribution in [0.4, 0.5) is 4.79 Å². The maximum atomic E-state index is 11.3. The van der Waals surface area contributed by atoms with Crippen molar-refractivity contribution in [3.63, 3.8) is 0 Å². The van der Waals surface area contributed by atoms with E-state index >= 15 is 0 Å². The van der Waals surface area contributed by atoms with Gasteiger partial charge in [0.2, 0.25) is 0 Å². The third-order valence-corrected chi connectivity index (χ3v) is 2.83. The van der Waals surface area contributed by atoms with Gasteiger partial charge in [0, 0.05) is 5.70 Å². The Morgan fingerprint density at radius 2 is 2.12 bits per heavy atom. The van der Waals surface area contributed by atoms with E-state index in [1.807, 2.05) is 0 Å². The molecule has 88 valence electrons. The summed E-state index contributed by atoms with van der Waals surface area (Å²) in [6, 6.07) is 1.87. The van der Waals surface area contributed by atoms with Crippen molar-refractivity contribution in [2.45, 2.75) is 52.0 Å². The molecule has 1 unspecified atom stereocenters. The summed E-state index contributed by atoms with van der Waals surface area (Å²) in [5, 5.41) is 14.4. The molecule has 0 aromatic heterocycles. The van der Waals surface area contributed by atoms with Crippen LogP contribution in [0.5, 0.6) is 0 Å². The molecule has 0 bridgehead atoms. The molecule has 0 fully saturated rings. The molecule has 0 aliphatic carbocycles. The highest BCUT2D eigenvalue weighted by molar-refractivity contribution is 5.79. The molecule has 1 heterocycles. The lowest BCUT2D eigenvalue weighted by Gasteiger charge is -2.25. The van der Waals surface area contributed by atoms with Crippen molar-refractivity contribution in [2.24, 2.45) is 0 Å². The fraction of sp³-hybridized carbons (Fsp3) is 0.667. The lowest BCUT2D eigenvalue weighted by Crippen LogP contribution is -2.47. The molecule has 2 N–H and O–H groups in total. The number of rotatable bonds is 5. The van der Waals surface area contributed by atoms with Crippen LogP contribution in [0.2, 0.25) is 0 Å². The Balaban J connectivity index is 2.54. The summed E-state index contributed by atoms with van der Waals surface area (Å²) in [5.74, 6) is 0. The maximum Gasteiger partial charge on any atom is 0.319 e. The summed E-state index contributed by atoms with van der Waals surface area (Å²) in [5.41, 5.74) is 1.35. The number of hydrogen-bond donors (Lipinski definition) is 2. The number of urea groups is 1. The van der Waals surface area contributed by atoms with Gasteiger partial charge in [0.05, 0.1) is 17.7 Å². The zero-order valence-corrected chi connectivity index (χ0v) is 9.97. The van der Waals surface area contributed by atoms with E-state index in [2.05, 4.69) is 23.6 Å². The maximum absolute atomic E-state index is 11.3. The molecular formula is C12H19N3O. The Hall–Kier alpha value is -1.50. The van der Waals surface area contributed by atoms with Gasteiger partial charge in [-0.1, -0.05) is 32.6 Å². The lowest BCUT2D eigenvalue weighted by atomic mass is 9.98. The Morgan fingerprint density at radius 3 is 2.75 bits per heavy atom. The molecule has 0 aromatic carbocycles. The number of amides is 2. The molecule has 4 heteroatoms. The molecule has 2 amide bonds. The second-order valence-corrected chi connectivity index (χ2v) is 4.15. The molecule has 1 aliphatic rings. The summed E-state index contributed by atoms with van der Waals surface area (Å²) in [6.07, 6.45) is 5.47. The Labute approximate surface area is 96.7 Å². The van der Waals surface area contributed by atoms with E-state index in [0.29, 0.717) is 11.3 Å². The van der Waals surface area contributed by atoms with Crippen LogP contribution in [-0.2, 0) is 0 Å². The first-order chi connectivity index (χ1) is 7.69. The van der Waals surface area contributed by atoms with Crippen LogP contribution < -0.4 is 10.6 Å². The largest absolute Gasteiger partial charge is 0.330 e. The van der Waals surface area contributed by atoms with E-state index in [0.717, 1.165) is 19.3 Å². The predicted octanol–water partition coefficient (Wildman–Crippen LogP) is 2.44. The average Bonchev–Trinajstić information content (AvgIpc) is 2.24. The number of nitrogens with one attached hydrogen (secondary N) is 2. The number of unbranched alkanes of at least 4 members (excludes halogenated alkanes) is 3. The summed E-state index contributed by atoms with van der Waals surface area (Å²) in [4.78, 5) is 11.3. The van der Waals surface area contributed by atoms with Crippen molar-refractivity contribution in [1.29, 1.82) is 5.26 Å². The molecule has 0 radical (unpaired) electrons. The molecule has 0 saturated heterocycles. The van der Waals surface area contributed by atoms with Crippen LogP contribution in [0, 0.1) is 11.3 Å². The highest BCUT2D eigenvalue weighted by atomic mass is 16.2. The molecule has 4 nitrogen and oxygen atoms in total. The van der Waals surface area contributed by atoms with Gasteiger partial charge in [-0.25, -0.2) is 4.79 Å². The zero-order valence-electron chi connectivity index (χ0n) is 9.97. The van der Waals surface area contributed by atoms with Gasteiger partial charge in [0.15, 0.2) is 0 Å². The molecule has 1 aliphatic heterocycles. The van der Waals surface area contributed by atoms with E-state index in [1.165, 1.54) is 12.8 Å².